The first-order valence-corrected chi connectivity index (χ1v) is 8.61. The van der Waals surface area contributed by atoms with Gasteiger partial charge in [0.2, 0.25) is 0 Å². The van der Waals surface area contributed by atoms with Crippen molar-refractivity contribution in [2.45, 2.75) is 26.7 Å². The number of allylic oxidation sites excluding steroid dienone is 3. The molecule has 2 aromatic heterocycles. The summed E-state index contributed by atoms with van der Waals surface area (Å²) in [5, 5.41) is 9.03. The van der Waals surface area contributed by atoms with Crippen molar-refractivity contribution in [1.29, 1.82) is 0 Å². The third-order valence-electron chi connectivity index (χ3n) is 4.83. The molecular weight excluding hydrogens is 329 g/mol. The Labute approximate surface area is 151 Å². The standard InChI is InChI=1S/C20H20FN5/c1-5-17-15(12(2)3)7-6-10-25(17)19-16-11-14(21)8-9-18(16)26-13(4)23-24-20(26)22-19/h5,8-9,11H,1-2,6-7,10H2,3-4H3. The quantitative estimate of drug-likeness (QED) is 0.706. The summed E-state index contributed by atoms with van der Waals surface area (Å²) >= 11 is 0. The Hall–Kier alpha value is -3.02. The minimum atomic E-state index is -0.299. The Morgan fingerprint density at radius 2 is 2.12 bits per heavy atom. The highest BCUT2D eigenvalue weighted by atomic mass is 19.1. The lowest BCUT2D eigenvalue weighted by Gasteiger charge is -2.32. The van der Waals surface area contributed by atoms with E-state index in [1.807, 2.05) is 24.3 Å². The molecule has 0 N–H and O–H groups in total. The maximum Gasteiger partial charge on any atom is 0.257 e. The number of rotatable bonds is 3. The van der Waals surface area contributed by atoms with E-state index >= 15 is 0 Å². The molecule has 0 saturated heterocycles. The molecule has 0 bridgehead atoms. The van der Waals surface area contributed by atoms with Crippen molar-refractivity contribution < 1.29 is 4.39 Å². The number of hydrogen-bond acceptors (Lipinski definition) is 4. The van der Waals surface area contributed by atoms with E-state index in [2.05, 4.69) is 28.3 Å². The lowest BCUT2D eigenvalue weighted by Crippen LogP contribution is -2.29. The van der Waals surface area contributed by atoms with Crippen LogP contribution in [0.25, 0.3) is 16.7 Å². The van der Waals surface area contributed by atoms with Crippen LogP contribution in [0, 0.1) is 12.7 Å². The van der Waals surface area contributed by atoms with Gasteiger partial charge in [0.15, 0.2) is 0 Å². The van der Waals surface area contributed by atoms with E-state index in [0.29, 0.717) is 11.6 Å². The van der Waals surface area contributed by atoms with E-state index in [1.54, 1.807) is 6.07 Å². The van der Waals surface area contributed by atoms with E-state index in [0.717, 1.165) is 53.0 Å². The van der Waals surface area contributed by atoms with Crippen molar-refractivity contribution in [3.63, 3.8) is 0 Å². The molecule has 0 saturated carbocycles. The van der Waals surface area contributed by atoms with Crippen LogP contribution in [0.4, 0.5) is 10.2 Å². The zero-order valence-corrected chi connectivity index (χ0v) is 15.0. The van der Waals surface area contributed by atoms with Crippen LogP contribution in [0.15, 0.2) is 54.3 Å². The SMILES string of the molecule is C=CC1=C(C(=C)C)CCCN1c1nc2nnc(C)n2c2ccc(F)cc12. The minimum Gasteiger partial charge on any atom is -0.325 e. The number of halogens is 1. The van der Waals surface area contributed by atoms with Crippen LogP contribution < -0.4 is 4.90 Å². The Morgan fingerprint density at radius 1 is 1.31 bits per heavy atom. The second kappa shape index (κ2) is 6.05. The average molecular weight is 349 g/mol. The third-order valence-corrected chi connectivity index (χ3v) is 4.83. The summed E-state index contributed by atoms with van der Waals surface area (Å²) in [5.41, 5.74) is 3.98. The predicted molar refractivity (Wildman–Crippen MR) is 102 cm³/mol. The number of fused-ring (bicyclic) bond motifs is 3. The summed E-state index contributed by atoms with van der Waals surface area (Å²) in [4.78, 5) is 6.81. The fraction of sp³-hybridized carbons (Fsp3) is 0.250. The fourth-order valence-corrected chi connectivity index (χ4v) is 3.66. The molecule has 0 radical (unpaired) electrons. The normalized spacial score (nSPS) is 15.1. The molecule has 3 aromatic rings. The number of aryl methyl sites for hydroxylation is 1. The minimum absolute atomic E-state index is 0.299. The molecule has 0 aliphatic carbocycles. The zero-order chi connectivity index (χ0) is 18.4. The molecule has 4 rings (SSSR count). The van der Waals surface area contributed by atoms with Crippen LogP contribution in [-0.4, -0.2) is 26.1 Å². The van der Waals surface area contributed by atoms with E-state index in [1.165, 1.54) is 12.1 Å². The van der Waals surface area contributed by atoms with Crippen LogP contribution in [0.1, 0.15) is 25.6 Å². The Kier molecular flexibility index (Phi) is 3.83. The topological polar surface area (TPSA) is 46.3 Å². The van der Waals surface area contributed by atoms with E-state index in [9.17, 15) is 4.39 Å². The van der Waals surface area contributed by atoms with Gasteiger partial charge >= 0.3 is 0 Å². The lowest BCUT2D eigenvalue weighted by atomic mass is 9.96. The van der Waals surface area contributed by atoms with Crippen LogP contribution in [0.3, 0.4) is 0 Å². The fourth-order valence-electron chi connectivity index (χ4n) is 3.66. The van der Waals surface area contributed by atoms with Crippen molar-refractivity contribution in [3.05, 3.63) is 65.9 Å². The average Bonchev–Trinajstić information content (AvgIpc) is 3.01. The lowest BCUT2D eigenvalue weighted by molar-refractivity contribution is 0.629. The Morgan fingerprint density at radius 3 is 2.85 bits per heavy atom. The summed E-state index contributed by atoms with van der Waals surface area (Å²) in [6, 6.07) is 4.72. The van der Waals surface area contributed by atoms with Crippen molar-refractivity contribution in [2.24, 2.45) is 0 Å². The second-order valence-corrected chi connectivity index (χ2v) is 6.58. The third kappa shape index (κ3) is 2.41. The summed E-state index contributed by atoms with van der Waals surface area (Å²) in [6.45, 7) is 12.7. The predicted octanol–water partition coefficient (Wildman–Crippen LogP) is 4.34. The summed E-state index contributed by atoms with van der Waals surface area (Å²) < 4.78 is 15.9. The molecule has 6 heteroatoms. The summed E-state index contributed by atoms with van der Waals surface area (Å²) in [5.74, 6) is 1.60. The first-order chi connectivity index (χ1) is 12.5. The van der Waals surface area contributed by atoms with Gasteiger partial charge < -0.3 is 4.90 Å². The smallest absolute Gasteiger partial charge is 0.257 e. The van der Waals surface area contributed by atoms with Gasteiger partial charge in [0.25, 0.3) is 5.78 Å². The van der Waals surface area contributed by atoms with Gasteiger partial charge in [-0.2, -0.15) is 4.98 Å². The van der Waals surface area contributed by atoms with Gasteiger partial charge in [-0.3, -0.25) is 4.40 Å². The molecule has 5 nitrogen and oxygen atoms in total. The zero-order valence-electron chi connectivity index (χ0n) is 15.0. The van der Waals surface area contributed by atoms with Gasteiger partial charge in [-0.15, -0.1) is 10.2 Å². The molecule has 0 atom stereocenters. The number of nitrogens with zero attached hydrogens (tertiary/aromatic N) is 5. The van der Waals surface area contributed by atoms with Crippen molar-refractivity contribution in [2.75, 3.05) is 11.4 Å². The highest BCUT2D eigenvalue weighted by Gasteiger charge is 2.24. The van der Waals surface area contributed by atoms with E-state index in [-0.39, 0.29) is 5.82 Å². The number of benzene rings is 1. The maximum absolute atomic E-state index is 14.1. The molecule has 26 heavy (non-hydrogen) atoms. The van der Waals surface area contributed by atoms with Gasteiger partial charge in [-0.1, -0.05) is 18.7 Å². The molecule has 0 amide bonds. The monoisotopic (exact) mass is 349 g/mol. The second-order valence-electron chi connectivity index (χ2n) is 6.58. The Bertz CT molecular complexity index is 1090. The number of aromatic nitrogens is 4. The van der Waals surface area contributed by atoms with Crippen LogP contribution in [0.5, 0.6) is 0 Å². The van der Waals surface area contributed by atoms with Crippen LogP contribution in [-0.2, 0) is 0 Å². The molecule has 132 valence electrons. The highest BCUT2D eigenvalue weighted by Crippen LogP contribution is 2.35. The van der Waals surface area contributed by atoms with Gasteiger partial charge in [0, 0.05) is 17.6 Å². The van der Waals surface area contributed by atoms with Gasteiger partial charge in [-0.25, -0.2) is 4.39 Å². The van der Waals surface area contributed by atoms with E-state index in [4.69, 9.17) is 4.98 Å². The van der Waals surface area contributed by atoms with E-state index < -0.39 is 0 Å². The first kappa shape index (κ1) is 16.4. The molecule has 1 aromatic carbocycles. The molecular formula is C20H20FN5. The number of anilines is 1. The highest BCUT2D eigenvalue weighted by molar-refractivity contribution is 5.93. The van der Waals surface area contributed by atoms with Gasteiger partial charge in [-0.05, 0) is 56.5 Å². The molecule has 3 heterocycles. The van der Waals surface area contributed by atoms with Gasteiger partial charge in [0.1, 0.15) is 17.5 Å². The van der Waals surface area contributed by atoms with Crippen molar-refractivity contribution in [3.8, 4) is 0 Å². The molecule has 0 spiro atoms. The molecule has 1 aliphatic heterocycles. The van der Waals surface area contributed by atoms with Crippen molar-refractivity contribution in [1.82, 2.24) is 19.6 Å². The van der Waals surface area contributed by atoms with Gasteiger partial charge in [0.05, 0.1) is 5.52 Å². The summed E-state index contributed by atoms with van der Waals surface area (Å²) in [6.07, 6.45) is 3.75. The molecule has 0 fully saturated rings. The van der Waals surface area contributed by atoms with Crippen LogP contribution >= 0.6 is 0 Å². The Balaban J connectivity index is 2.07. The maximum atomic E-state index is 14.1. The first-order valence-electron chi connectivity index (χ1n) is 8.61. The summed E-state index contributed by atoms with van der Waals surface area (Å²) in [7, 11) is 0. The molecule has 1 aliphatic rings. The largest absolute Gasteiger partial charge is 0.325 e. The van der Waals surface area contributed by atoms with Crippen LogP contribution in [0.2, 0.25) is 0 Å². The van der Waals surface area contributed by atoms with Crippen molar-refractivity contribution >= 4 is 22.5 Å². The number of hydrogen-bond donors (Lipinski definition) is 0. The molecule has 0 unspecified atom stereocenters.